The number of anilines is 1. The summed E-state index contributed by atoms with van der Waals surface area (Å²) in [5.74, 6) is 2.72. The maximum atomic E-state index is 12.1. The highest BCUT2D eigenvalue weighted by molar-refractivity contribution is 7.99. The van der Waals surface area contributed by atoms with Crippen LogP contribution in [0, 0.1) is 6.92 Å². The van der Waals surface area contributed by atoms with Crippen molar-refractivity contribution in [3.63, 3.8) is 0 Å². The number of aromatic nitrogens is 2. The van der Waals surface area contributed by atoms with Crippen LogP contribution in [0.4, 0.5) is 10.5 Å². The van der Waals surface area contributed by atoms with Gasteiger partial charge in [-0.2, -0.15) is 0 Å². The number of fused-ring (bicyclic) bond motifs is 1. The van der Waals surface area contributed by atoms with Gasteiger partial charge in [-0.05, 0) is 48.9 Å². The molecule has 35 heavy (non-hydrogen) atoms. The minimum absolute atomic E-state index is 0.307. The van der Waals surface area contributed by atoms with E-state index in [0.717, 1.165) is 0 Å². The highest BCUT2D eigenvalue weighted by atomic mass is 32.2. The first-order valence-corrected chi connectivity index (χ1v) is 11.8. The summed E-state index contributed by atoms with van der Waals surface area (Å²) in [4.78, 5) is 21.8. The summed E-state index contributed by atoms with van der Waals surface area (Å²) in [7, 11) is 3.13. The van der Waals surface area contributed by atoms with E-state index in [1.807, 2.05) is 12.1 Å². The molecule has 0 aliphatic heterocycles. The van der Waals surface area contributed by atoms with Crippen molar-refractivity contribution in [2.24, 2.45) is 0 Å². The first kappa shape index (κ1) is 24.2. The van der Waals surface area contributed by atoms with Crippen LogP contribution in [0.3, 0.4) is 0 Å². The second-order valence-electron chi connectivity index (χ2n) is 7.40. The van der Waals surface area contributed by atoms with E-state index >= 15 is 0 Å². The molecule has 1 heterocycles. The average molecular weight is 492 g/mol. The van der Waals surface area contributed by atoms with Gasteiger partial charge in [0.2, 0.25) is 5.88 Å². The molecular formula is C26H25N3O5S. The van der Waals surface area contributed by atoms with Gasteiger partial charge >= 0.3 is 6.09 Å². The fraction of sp³-hybridized carbons (Fsp3) is 0.192. The average Bonchev–Trinajstić information content (AvgIpc) is 2.88. The fourth-order valence-electron chi connectivity index (χ4n) is 3.32. The lowest BCUT2D eigenvalue weighted by atomic mass is 10.2. The topological polar surface area (TPSA) is 91.8 Å². The summed E-state index contributed by atoms with van der Waals surface area (Å²) in [6.45, 7) is 2.37. The molecule has 4 aromatic rings. The quantitative estimate of drug-likeness (QED) is 0.222. The molecule has 0 aliphatic carbocycles. The summed E-state index contributed by atoms with van der Waals surface area (Å²) in [5, 5.41) is 3.40. The van der Waals surface area contributed by atoms with Crippen LogP contribution in [0.25, 0.3) is 10.9 Å². The molecule has 3 aromatic carbocycles. The van der Waals surface area contributed by atoms with Gasteiger partial charge in [-0.1, -0.05) is 18.2 Å². The van der Waals surface area contributed by atoms with Crippen molar-refractivity contribution in [2.75, 3.05) is 31.9 Å². The Morgan fingerprint density at radius 3 is 2.46 bits per heavy atom. The number of hydrogen-bond acceptors (Lipinski definition) is 8. The molecular weight excluding hydrogens is 466 g/mol. The Bertz CT molecular complexity index is 1310. The lowest BCUT2D eigenvalue weighted by Gasteiger charge is -2.12. The number of carbonyl (C=O) groups is 1. The van der Waals surface area contributed by atoms with Crippen LogP contribution in [-0.4, -0.2) is 42.6 Å². The maximum Gasteiger partial charge on any atom is 0.411 e. The monoisotopic (exact) mass is 491 g/mol. The number of nitrogens with zero attached hydrogens (tertiary/aromatic N) is 2. The Morgan fingerprint density at radius 1 is 0.971 bits per heavy atom. The van der Waals surface area contributed by atoms with Gasteiger partial charge in [0, 0.05) is 22.4 Å². The number of carbonyl (C=O) groups excluding carboxylic acids is 1. The summed E-state index contributed by atoms with van der Waals surface area (Å²) in [5.41, 5.74) is 2.46. The zero-order valence-corrected chi connectivity index (χ0v) is 20.4. The number of nitrogens with one attached hydrogen (secondary N) is 1. The molecule has 1 aromatic heterocycles. The highest BCUT2D eigenvalue weighted by Crippen LogP contribution is 2.35. The van der Waals surface area contributed by atoms with Crippen LogP contribution < -0.4 is 19.5 Å². The molecule has 1 N–H and O–H groups in total. The van der Waals surface area contributed by atoms with Crippen LogP contribution in [0.2, 0.25) is 0 Å². The molecule has 8 nitrogen and oxygen atoms in total. The predicted molar refractivity (Wildman–Crippen MR) is 136 cm³/mol. The van der Waals surface area contributed by atoms with Crippen molar-refractivity contribution in [1.29, 1.82) is 0 Å². The Hall–Kier alpha value is -3.98. The Kier molecular flexibility index (Phi) is 7.89. The summed E-state index contributed by atoms with van der Waals surface area (Å²) >= 11 is 1.66. The summed E-state index contributed by atoms with van der Waals surface area (Å²) in [6, 6.07) is 18.6. The number of rotatable bonds is 9. The largest absolute Gasteiger partial charge is 0.493 e. The zero-order chi connectivity index (χ0) is 24.6. The number of hydrogen-bond donors (Lipinski definition) is 1. The van der Waals surface area contributed by atoms with E-state index in [9.17, 15) is 4.79 Å². The van der Waals surface area contributed by atoms with E-state index in [2.05, 4.69) is 34.3 Å². The normalized spacial score (nSPS) is 10.6. The number of methoxy groups -OCH3 is 2. The molecule has 0 saturated heterocycles. The highest BCUT2D eigenvalue weighted by Gasteiger charge is 2.13. The van der Waals surface area contributed by atoms with E-state index in [1.54, 1.807) is 62.4 Å². The number of amides is 1. The van der Waals surface area contributed by atoms with Crippen LogP contribution in [-0.2, 0) is 4.74 Å². The molecule has 0 saturated carbocycles. The molecule has 9 heteroatoms. The third-order valence-electron chi connectivity index (χ3n) is 5.09. The van der Waals surface area contributed by atoms with Gasteiger partial charge in [0.1, 0.15) is 18.7 Å². The second kappa shape index (κ2) is 11.4. The Balaban J connectivity index is 1.33. The summed E-state index contributed by atoms with van der Waals surface area (Å²) in [6.07, 6.45) is 0.916. The van der Waals surface area contributed by atoms with E-state index in [1.165, 1.54) is 16.8 Å². The van der Waals surface area contributed by atoms with Crippen molar-refractivity contribution in [3.05, 3.63) is 72.6 Å². The van der Waals surface area contributed by atoms with E-state index < -0.39 is 6.09 Å². The molecule has 0 aliphatic rings. The number of thioether (sulfide) groups is 1. The van der Waals surface area contributed by atoms with Gasteiger partial charge < -0.3 is 18.9 Å². The standard InChI is InChI=1S/C26H25N3O5S/c1-17-6-4-5-7-24(17)35-13-12-33-26(30)29-18-8-10-19(11-9-18)34-25-20-14-22(31-2)23(32-3)15-21(20)27-16-28-25/h4-11,14-16H,12-13H2,1-3H3,(H,29,30). The third kappa shape index (κ3) is 6.13. The fourth-order valence-corrected chi connectivity index (χ4v) is 4.17. The van der Waals surface area contributed by atoms with E-state index in [4.69, 9.17) is 18.9 Å². The first-order valence-electron chi connectivity index (χ1n) is 10.8. The third-order valence-corrected chi connectivity index (χ3v) is 6.23. The maximum absolute atomic E-state index is 12.1. The van der Waals surface area contributed by atoms with Crippen molar-refractivity contribution in [2.45, 2.75) is 11.8 Å². The smallest absolute Gasteiger partial charge is 0.411 e. The van der Waals surface area contributed by atoms with Gasteiger partial charge in [0.05, 0.1) is 25.1 Å². The van der Waals surface area contributed by atoms with Crippen LogP contribution in [0.15, 0.2) is 71.9 Å². The molecule has 4 rings (SSSR count). The molecule has 0 fully saturated rings. The zero-order valence-electron chi connectivity index (χ0n) is 19.6. The lowest BCUT2D eigenvalue weighted by Crippen LogP contribution is -2.15. The molecule has 0 radical (unpaired) electrons. The predicted octanol–water partition coefficient (Wildman–Crippen LogP) is 6.09. The van der Waals surface area contributed by atoms with Crippen LogP contribution in [0.1, 0.15) is 5.56 Å². The first-order chi connectivity index (χ1) is 17.1. The number of aryl methyl sites for hydroxylation is 1. The lowest BCUT2D eigenvalue weighted by molar-refractivity contribution is 0.169. The van der Waals surface area contributed by atoms with Crippen molar-refractivity contribution < 1.29 is 23.7 Å². The van der Waals surface area contributed by atoms with Gasteiger partial charge in [-0.3, -0.25) is 5.32 Å². The Labute approximate surface area is 207 Å². The van der Waals surface area contributed by atoms with Gasteiger partial charge in [0.15, 0.2) is 11.5 Å². The van der Waals surface area contributed by atoms with Gasteiger partial charge in [-0.15, -0.1) is 11.8 Å². The molecule has 1 amide bonds. The minimum Gasteiger partial charge on any atom is -0.493 e. The van der Waals surface area contributed by atoms with E-state index in [0.29, 0.717) is 52.1 Å². The van der Waals surface area contributed by atoms with Crippen molar-refractivity contribution in [1.82, 2.24) is 9.97 Å². The van der Waals surface area contributed by atoms with Crippen LogP contribution in [0.5, 0.6) is 23.1 Å². The molecule has 0 unspecified atom stereocenters. The van der Waals surface area contributed by atoms with Gasteiger partial charge in [-0.25, -0.2) is 14.8 Å². The summed E-state index contributed by atoms with van der Waals surface area (Å²) < 4.78 is 21.9. The van der Waals surface area contributed by atoms with Gasteiger partial charge in [0.25, 0.3) is 0 Å². The minimum atomic E-state index is -0.508. The number of ether oxygens (including phenoxy) is 4. The van der Waals surface area contributed by atoms with E-state index in [-0.39, 0.29) is 0 Å². The van der Waals surface area contributed by atoms with Crippen LogP contribution >= 0.6 is 11.8 Å². The number of benzene rings is 3. The molecule has 0 bridgehead atoms. The second-order valence-corrected chi connectivity index (χ2v) is 8.54. The SMILES string of the molecule is COc1cc2ncnc(Oc3ccc(NC(=O)OCCSc4ccccc4C)cc3)c2cc1OC. The molecule has 0 atom stereocenters. The van der Waals surface area contributed by atoms with Crippen molar-refractivity contribution >= 4 is 34.4 Å². The Morgan fingerprint density at radius 2 is 1.71 bits per heavy atom. The molecule has 0 spiro atoms. The van der Waals surface area contributed by atoms with Crippen molar-refractivity contribution in [3.8, 4) is 23.1 Å². The molecule has 180 valence electrons.